The van der Waals surface area contributed by atoms with E-state index in [1.54, 1.807) is 0 Å². The number of hydrogen-bond acceptors (Lipinski definition) is 3. The molecule has 1 fully saturated rings. The van der Waals surface area contributed by atoms with E-state index in [0.29, 0.717) is 6.61 Å². The number of fused-ring (bicyclic) bond motifs is 1. The normalized spacial score (nSPS) is 22.6. The molecule has 0 bridgehead atoms. The second kappa shape index (κ2) is 5.98. The second-order valence-corrected chi connectivity index (χ2v) is 6.96. The summed E-state index contributed by atoms with van der Waals surface area (Å²) in [5.74, 6) is 1.39. The van der Waals surface area contributed by atoms with Gasteiger partial charge in [0, 0.05) is 26.0 Å². The maximum absolute atomic E-state index is 5.93. The Hall–Kier alpha value is -1.06. The van der Waals surface area contributed by atoms with Crippen LogP contribution < -0.4 is 4.74 Å². The van der Waals surface area contributed by atoms with Gasteiger partial charge in [-0.1, -0.05) is 19.1 Å². The van der Waals surface area contributed by atoms with Crippen LogP contribution in [0, 0.1) is 5.92 Å². The average molecular weight is 289 g/mol. The molecule has 116 valence electrons. The molecule has 1 aromatic carbocycles. The van der Waals surface area contributed by atoms with Gasteiger partial charge >= 0.3 is 0 Å². The van der Waals surface area contributed by atoms with Crippen LogP contribution in [0.3, 0.4) is 0 Å². The molecule has 0 radical (unpaired) electrons. The molecular formula is C18H27NO2. The third-order valence-corrected chi connectivity index (χ3v) is 4.72. The van der Waals surface area contributed by atoms with Crippen molar-refractivity contribution in [3.05, 3.63) is 29.3 Å². The molecule has 3 nitrogen and oxygen atoms in total. The highest BCUT2D eigenvalue weighted by molar-refractivity contribution is 5.41. The lowest BCUT2D eigenvalue weighted by Gasteiger charge is -2.34. The first-order chi connectivity index (χ1) is 10.0. The Morgan fingerprint density at radius 1 is 1.24 bits per heavy atom. The molecule has 0 atom stereocenters. The number of likely N-dealkylation sites (tertiary alicyclic amines) is 1. The monoisotopic (exact) mass is 289 g/mol. The summed E-state index contributed by atoms with van der Waals surface area (Å²) in [6.45, 7) is 10.6. The van der Waals surface area contributed by atoms with Gasteiger partial charge in [0.2, 0.25) is 5.79 Å². The van der Waals surface area contributed by atoms with Gasteiger partial charge in [0.15, 0.2) is 0 Å². The van der Waals surface area contributed by atoms with Crippen LogP contribution in [0.2, 0.25) is 0 Å². The summed E-state index contributed by atoms with van der Waals surface area (Å²) in [5, 5.41) is 0. The van der Waals surface area contributed by atoms with E-state index in [1.807, 2.05) is 13.8 Å². The highest BCUT2D eigenvalue weighted by Gasteiger charge is 2.28. The molecule has 1 aromatic rings. The van der Waals surface area contributed by atoms with Gasteiger partial charge in [0.05, 0.1) is 6.61 Å². The Labute approximate surface area is 128 Å². The zero-order valence-electron chi connectivity index (χ0n) is 13.5. The lowest BCUT2D eigenvalue weighted by atomic mass is 9.98. The number of rotatable bonds is 3. The molecule has 21 heavy (non-hydrogen) atoms. The van der Waals surface area contributed by atoms with E-state index in [-0.39, 0.29) is 0 Å². The fourth-order valence-corrected chi connectivity index (χ4v) is 3.21. The van der Waals surface area contributed by atoms with Crippen molar-refractivity contribution in [2.24, 2.45) is 5.92 Å². The summed E-state index contributed by atoms with van der Waals surface area (Å²) in [6, 6.07) is 6.38. The highest BCUT2D eigenvalue weighted by atomic mass is 16.7. The molecule has 0 unspecified atom stereocenters. The maximum Gasteiger partial charge on any atom is 0.205 e. The zero-order chi connectivity index (χ0) is 14.9. The van der Waals surface area contributed by atoms with Gasteiger partial charge < -0.3 is 14.4 Å². The smallest absolute Gasteiger partial charge is 0.205 e. The summed E-state index contributed by atoms with van der Waals surface area (Å²) in [7, 11) is 0. The number of hydrogen-bond donors (Lipinski definition) is 0. The van der Waals surface area contributed by atoms with Gasteiger partial charge in [-0.25, -0.2) is 0 Å². The van der Waals surface area contributed by atoms with Crippen LogP contribution in [0.5, 0.6) is 5.75 Å². The Bertz CT molecular complexity index is 490. The minimum absolute atomic E-state index is 0.505. The van der Waals surface area contributed by atoms with E-state index in [2.05, 4.69) is 30.0 Å². The molecule has 2 heterocycles. The quantitative estimate of drug-likeness (QED) is 0.848. The molecule has 3 heteroatoms. The third-order valence-electron chi connectivity index (χ3n) is 4.72. The Morgan fingerprint density at radius 2 is 2.00 bits per heavy atom. The fourth-order valence-electron chi connectivity index (χ4n) is 3.21. The molecule has 0 amide bonds. The molecular weight excluding hydrogens is 262 g/mol. The molecule has 0 aromatic heterocycles. The molecule has 2 aliphatic rings. The van der Waals surface area contributed by atoms with Crippen molar-refractivity contribution >= 4 is 0 Å². The van der Waals surface area contributed by atoms with Gasteiger partial charge in [0.1, 0.15) is 5.75 Å². The fraction of sp³-hybridized carbons (Fsp3) is 0.667. The van der Waals surface area contributed by atoms with Gasteiger partial charge in [0.25, 0.3) is 0 Å². The van der Waals surface area contributed by atoms with Crippen molar-refractivity contribution in [1.82, 2.24) is 4.90 Å². The summed E-state index contributed by atoms with van der Waals surface area (Å²) in [6.07, 6.45) is 3.77. The first kappa shape index (κ1) is 14.9. The van der Waals surface area contributed by atoms with E-state index in [4.69, 9.17) is 9.47 Å². The van der Waals surface area contributed by atoms with Crippen molar-refractivity contribution in [3.8, 4) is 5.75 Å². The van der Waals surface area contributed by atoms with Crippen LogP contribution in [-0.4, -0.2) is 30.3 Å². The zero-order valence-corrected chi connectivity index (χ0v) is 13.5. The molecule has 0 aliphatic carbocycles. The predicted molar refractivity (Wildman–Crippen MR) is 84.5 cm³/mol. The standard InChI is InChI=1S/C18H27NO2/c1-14-7-10-19(11-8-14)12-9-15-5-4-6-17-16(15)13-20-18(2,3)21-17/h4-6,14H,7-13H2,1-3H3. The van der Waals surface area contributed by atoms with E-state index >= 15 is 0 Å². The first-order valence-electron chi connectivity index (χ1n) is 8.19. The van der Waals surface area contributed by atoms with Crippen LogP contribution in [0.25, 0.3) is 0 Å². The minimum Gasteiger partial charge on any atom is -0.463 e. The van der Waals surface area contributed by atoms with Gasteiger partial charge in [-0.05, 0) is 49.9 Å². The summed E-state index contributed by atoms with van der Waals surface area (Å²) in [4.78, 5) is 2.59. The minimum atomic E-state index is -0.505. The van der Waals surface area contributed by atoms with Crippen molar-refractivity contribution in [2.45, 2.75) is 52.4 Å². The maximum atomic E-state index is 5.93. The molecule has 0 saturated carbocycles. The third kappa shape index (κ3) is 3.58. The SMILES string of the molecule is CC1CCN(CCc2cccc3c2COC(C)(C)O3)CC1. The average Bonchev–Trinajstić information content (AvgIpc) is 2.45. The van der Waals surface area contributed by atoms with E-state index in [9.17, 15) is 0 Å². The number of nitrogens with zero attached hydrogens (tertiary/aromatic N) is 1. The van der Waals surface area contributed by atoms with Crippen molar-refractivity contribution in [3.63, 3.8) is 0 Å². The lowest BCUT2D eigenvalue weighted by Crippen LogP contribution is -2.36. The largest absolute Gasteiger partial charge is 0.463 e. The Kier molecular flexibility index (Phi) is 4.23. The highest BCUT2D eigenvalue weighted by Crippen LogP contribution is 2.33. The first-order valence-corrected chi connectivity index (χ1v) is 8.19. The predicted octanol–water partition coefficient (Wildman–Crippen LogP) is 3.61. The van der Waals surface area contributed by atoms with Crippen molar-refractivity contribution in [1.29, 1.82) is 0 Å². The van der Waals surface area contributed by atoms with Gasteiger partial charge in [-0.15, -0.1) is 0 Å². The van der Waals surface area contributed by atoms with Crippen molar-refractivity contribution < 1.29 is 9.47 Å². The summed E-state index contributed by atoms with van der Waals surface area (Å²) < 4.78 is 11.7. The molecule has 0 spiro atoms. The number of benzene rings is 1. The van der Waals surface area contributed by atoms with E-state index in [0.717, 1.165) is 24.6 Å². The molecule has 0 N–H and O–H groups in total. The molecule has 1 saturated heterocycles. The van der Waals surface area contributed by atoms with Gasteiger partial charge in [-0.3, -0.25) is 0 Å². The van der Waals surface area contributed by atoms with Crippen LogP contribution in [0.15, 0.2) is 18.2 Å². The van der Waals surface area contributed by atoms with Crippen LogP contribution in [0.1, 0.15) is 44.7 Å². The second-order valence-electron chi connectivity index (χ2n) is 6.96. The van der Waals surface area contributed by atoms with Crippen LogP contribution in [-0.2, 0) is 17.8 Å². The summed E-state index contributed by atoms with van der Waals surface area (Å²) in [5.41, 5.74) is 2.61. The van der Waals surface area contributed by atoms with Crippen LogP contribution in [0.4, 0.5) is 0 Å². The topological polar surface area (TPSA) is 21.7 Å². The summed E-state index contributed by atoms with van der Waals surface area (Å²) >= 11 is 0. The van der Waals surface area contributed by atoms with Crippen molar-refractivity contribution in [2.75, 3.05) is 19.6 Å². The number of ether oxygens (including phenoxy) is 2. The molecule has 3 rings (SSSR count). The number of piperidine rings is 1. The van der Waals surface area contributed by atoms with E-state index in [1.165, 1.54) is 37.1 Å². The Morgan fingerprint density at radius 3 is 2.76 bits per heavy atom. The van der Waals surface area contributed by atoms with Gasteiger partial charge in [-0.2, -0.15) is 0 Å². The van der Waals surface area contributed by atoms with E-state index < -0.39 is 5.79 Å². The lowest BCUT2D eigenvalue weighted by molar-refractivity contribution is -0.180. The molecule has 2 aliphatic heterocycles. The van der Waals surface area contributed by atoms with Crippen LogP contribution >= 0.6 is 0 Å². The Balaban J connectivity index is 1.64.